The van der Waals surface area contributed by atoms with Gasteiger partial charge >= 0.3 is 0 Å². The van der Waals surface area contributed by atoms with E-state index in [9.17, 15) is 4.79 Å². The van der Waals surface area contributed by atoms with E-state index in [-0.39, 0.29) is 11.7 Å². The maximum Gasteiger partial charge on any atom is 0.172 e. The van der Waals surface area contributed by atoms with Crippen molar-refractivity contribution in [2.75, 3.05) is 5.75 Å². The van der Waals surface area contributed by atoms with Gasteiger partial charge in [0.25, 0.3) is 0 Å². The summed E-state index contributed by atoms with van der Waals surface area (Å²) >= 11 is 13.5. The molecule has 0 radical (unpaired) electrons. The molecule has 1 atom stereocenters. The van der Waals surface area contributed by atoms with Crippen LogP contribution in [-0.4, -0.2) is 11.5 Å². The second kappa shape index (κ2) is 5.20. The van der Waals surface area contributed by atoms with Crippen molar-refractivity contribution in [3.63, 3.8) is 0 Å². The smallest absolute Gasteiger partial charge is 0.172 e. The number of carbonyl (C=O) groups is 1. The number of ketones is 1. The molecule has 1 aliphatic heterocycles. The largest absolute Gasteiger partial charge is 0.293 e. The van der Waals surface area contributed by atoms with Crippen LogP contribution in [0.1, 0.15) is 21.8 Å². The Labute approximate surface area is 125 Å². The molecular formula is C15H10Cl2OS. The molecule has 3 rings (SSSR count). The minimum Gasteiger partial charge on any atom is -0.293 e. The predicted molar refractivity (Wildman–Crippen MR) is 80.7 cm³/mol. The van der Waals surface area contributed by atoms with Gasteiger partial charge in [-0.3, -0.25) is 4.79 Å². The van der Waals surface area contributed by atoms with Gasteiger partial charge in [0.1, 0.15) is 0 Å². The molecule has 0 aliphatic carbocycles. The summed E-state index contributed by atoms with van der Waals surface area (Å²) in [6, 6.07) is 12.9. The fourth-order valence-corrected chi connectivity index (χ4v) is 3.79. The van der Waals surface area contributed by atoms with Crippen LogP contribution in [0.2, 0.25) is 10.0 Å². The van der Waals surface area contributed by atoms with Gasteiger partial charge in [-0.15, -0.1) is 11.8 Å². The van der Waals surface area contributed by atoms with Crippen molar-refractivity contribution in [1.82, 2.24) is 0 Å². The number of benzene rings is 2. The Morgan fingerprint density at radius 2 is 1.68 bits per heavy atom. The van der Waals surface area contributed by atoms with Gasteiger partial charge < -0.3 is 0 Å². The SMILES string of the molecule is O=C1c2ccc(Cl)cc2SCC1c1ccc(Cl)cc1. The van der Waals surface area contributed by atoms with E-state index in [2.05, 4.69) is 0 Å². The number of Topliss-reactive ketones (excluding diaryl/α,β-unsaturated/α-hetero) is 1. The first kappa shape index (κ1) is 13.0. The number of thioether (sulfide) groups is 1. The number of carbonyl (C=O) groups excluding carboxylic acids is 1. The third-order valence-corrected chi connectivity index (χ3v) is 4.84. The summed E-state index contributed by atoms with van der Waals surface area (Å²) < 4.78 is 0. The Kier molecular flexibility index (Phi) is 3.57. The van der Waals surface area contributed by atoms with Crippen LogP contribution in [0.15, 0.2) is 47.4 Å². The molecule has 19 heavy (non-hydrogen) atoms. The molecule has 1 heterocycles. The van der Waals surface area contributed by atoms with Crippen LogP contribution in [0.25, 0.3) is 0 Å². The van der Waals surface area contributed by atoms with Crippen molar-refractivity contribution in [2.24, 2.45) is 0 Å². The van der Waals surface area contributed by atoms with Crippen LogP contribution in [0.5, 0.6) is 0 Å². The summed E-state index contributed by atoms with van der Waals surface area (Å²) in [7, 11) is 0. The van der Waals surface area contributed by atoms with E-state index < -0.39 is 0 Å². The van der Waals surface area contributed by atoms with Crippen LogP contribution in [0.4, 0.5) is 0 Å². The Balaban J connectivity index is 1.97. The molecule has 0 saturated carbocycles. The van der Waals surface area contributed by atoms with Crippen molar-refractivity contribution in [1.29, 1.82) is 0 Å². The van der Waals surface area contributed by atoms with Crippen molar-refractivity contribution >= 4 is 40.7 Å². The molecule has 2 aromatic rings. The highest BCUT2D eigenvalue weighted by molar-refractivity contribution is 7.99. The van der Waals surface area contributed by atoms with Crippen molar-refractivity contribution in [3.8, 4) is 0 Å². The summed E-state index contributed by atoms with van der Waals surface area (Å²) in [5, 5.41) is 1.36. The summed E-state index contributed by atoms with van der Waals surface area (Å²) in [6.45, 7) is 0. The Morgan fingerprint density at radius 1 is 1.00 bits per heavy atom. The minimum atomic E-state index is -0.101. The third-order valence-electron chi connectivity index (χ3n) is 3.20. The fourth-order valence-electron chi connectivity index (χ4n) is 2.20. The zero-order valence-corrected chi connectivity index (χ0v) is 12.2. The highest BCUT2D eigenvalue weighted by atomic mass is 35.5. The first-order chi connectivity index (χ1) is 9.15. The predicted octanol–water partition coefficient (Wildman–Crippen LogP) is 5.07. The molecule has 0 N–H and O–H groups in total. The van der Waals surface area contributed by atoms with Crippen LogP contribution in [-0.2, 0) is 0 Å². The van der Waals surface area contributed by atoms with E-state index in [4.69, 9.17) is 23.2 Å². The van der Waals surface area contributed by atoms with Crippen LogP contribution in [0.3, 0.4) is 0 Å². The average molecular weight is 309 g/mol. The molecule has 96 valence electrons. The second-order valence-electron chi connectivity index (χ2n) is 4.42. The van der Waals surface area contributed by atoms with Crippen LogP contribution >= 0.6 is 35.0 Å². The lowest BCUT2D eigenvalue weighted by molar-refractivity contribution is 0.0963. The van der Waals surface area contributed by atoms with E-state index >= 15 is 0 Å². The number of hydrogen-bond acceptors (Lipinski definition) is 2. The molecule has 1 aliphatic rings. The lowest BCUT2D eigenvalue weighted by Crippen LogP contribution is -2.20. The topological polar surface area (TPSA) is 17.1 Å². The van der Waals surface area contributed by atoms with Gasteiger partial charge in [0.05, 0.1) is 5.92 Å². The summed E-state index contributed by atoms with van der Waals surface area (Å²) in [5.41, 5.74) is 1.78. The van der Waals surface area contributed by atoms with E-state index in [0.717, 1.165) is 21.8 Å². The first-order valence-corrected chi connectivity index (χ1v) is 7.61. The molecule has 0 aromatic heterocycles. The van der Waals surface area contributed by atoms with Crippen LogP contribution in [0, 0.1) is 0 Å². The maximum atomic E-state index is 12.5. The zero-order chi connectivity index (χ0) is 13.4. The van der Waals surface area contributed by atoms with Crippen molar-refractivity contribution in [3.05, 3.63) is 63.6 Å². The highest BCUT2D eigenvalue weighted by Gasteiger charge is 2.29. The van der Waals surface area contributed by atoms with Crippen LogP contribution < -0.4 is 0 Å². The molecule has 1 unspecified atom stereocenters. The van der Waals surface area contributed by atoms with Gasteiger partial charge in [-0.05, 0) is 35.9 Å². The number of hydrogen-bond donors (Lipinski definition) is 0. The Morgan fingerprint density at radius 3 is 2.42 bits per heavy atom. The monoisotopic (exact) mass is 308 g/mol. The molecule has 0 bridgehead atoms. The molecule has 2 aromatic carbocycles. The quantitative estimate of drug-likeness (QED) is 0.732. The average Bonchev–Trinajstić information content (AvgIpc) is 2.40. The van der Waals surface area contributed by atoms with Gasteiger partial charge in [0, 0.05) is 26.3 Å². The van der Waals surface area contributed by atoms with Crippen molar-refractivity contribution < 1.29 is 4.79 Å². The zero-order valence-electron chi connectivity index (χ0n) is 9.90. The Hall–Kier alpha value is -0.960. The Bertz CT molecular complexity index is 637. The highest BCUT2D eigenvalue weighted by Crippen LogP contribution is 2.38. The minimum absolute atomic E-state index is 0.101. The van der Waals surface area contributed by atoms with E-state index in [1.807, 2.05) is 36.4 Å². The van der Waals surface area contributed by atoms with E-state index in [1.54, 1.807) is 17.8 Å². The summed E-state index contributed by atoms with van der Waals surface area (Å²) in [6.07, 6.45) is 0. The normalized spacial score (nSPS) is 18.2. The number of halogens is 2. The summed E-state index contributed by atoms with van der Waals surface area (Å²) in [5.74, 6) is 0.803. The third kappa shape index (κ3) is 2.53. The molecule has 0 saturated heterocycles. The van der Waals surface area contributed by atoms with Gasteiger partial charge in [0.15, 0.2) is 5.78 Å². The van der Waals surface area contributed by atoms with Crippen molar-refractivity contribution in [2.45, 2.75) is 10.8 Å². The van der Waals surface area contributed by atoms with E-state index in [0.29, 0.717) is 10.0 Å². The van der Waals surface area contributed by atoms with Gasteiger partial charge in [0.2, 0.25) is 0 Å². The fraction of sp³-hybridized carbons (Fsp3) is 0.133. The molecule has 1 nitrogen and oxygen atoms in total. The maximum absolute atomic E-state index is 12.5. The summed E-state index contributed by atoms with van der Waals surface area (Å²) in [4.78, 5) is 13.5. The van der Waals surface area contributed by atoms with E-state index in [1.165, 1.54) is 0 Å². The lowest BCUT2D eigenvalue weighted by atomic mass is 9.92. The van der Waals surface area contributed by atoms with Gasteiger partial charge in [-0.2, -0.15) is 0 Å². The first-order valence-electron chi connectivity index (χ1n) is 5.87. The number of fused-ring (bicyclic) bond motifs is 1. The standard InChI is InChI=1S/C15H10Cl2OS/c16-10-3-1-9(2-4-10)13-8-19-14-7-11(17)5-6-12(14)15(13)18/h1-7,13H,8H2. The lowest BCUT2D eigenvalue weighted by Gasteiger charge is -2.23. The van der Waals surface area contributed by atoms with Gasteiger partial charge in [-0.1, -0.05) is 35.3 Å². The molecule has 4 heteroatoms. The molecular weight excluding hydrogens is 299 g/mol. The van der Waals surface area contributed by atoms with Gasteiger partial charge in [-0.25, -0.2) is 0 Å². The molecule has 0 fully saturated rings. The molecule has 0 amide bonds. The number of rotatable bonds is 1. The second-order valence-corrected chi connectivity index (χ2v) is 6.35. The molecule has 0 spiro atoms.